The molecule has 0 spiro atoms. The van der Waals surface area contributed by atoms with Crippen molar-refractivity contribution in [3.63, 3.8) is 0 Å². The third-order valence-electron chi connectivity index (χ3n) is 8.24. The summed E-state index contributed by atoms with van der Waals surface area (Å²) in [5.41, 5.74) is 3.37. The van der Waals surface area contributed by atoms with Crippen molar-refractivity contribution in [2.45, 2.75) is 32.6 Å². The fourth-order valence-corrected chi connectivity index (χ4v) is 8.36. The van der Waals surface area contributed by atoms with E-state index >= 15 is 0 Å². The second-order valence-electron chi connectivity index (χ2n) is 11.6. The minimum absolute atomic E-state index is 0.00713. The van der Waals surface area contributed by atoms with Gasteiger partial charge in [0, 0.05) is 27.8 Å². The number of hydrogen-bond acceptors (Lipinski definition) is 4. The smallest absolute Gasteiger partial charge is 0.253 e. The first kappa shape index (κ1) is 36.1. The van der Waals surface area contributed by atoms with Gasteiger partial charge in [-0.3, -0.25) is 18.9 Å². The first-order chi connectivity index (χ1) is 24.5. The van der Waals surface area contributed by atoms with Gasteiger partial charge in [0.15, 0.2) is 11.6 Å². The summed E-state index contributed by atoms with van der Waals surface area (Å²) in [6.07, 6.45) is 4.20. The van der Waals surface area contributed by atoms with Crippen molar-refractivity contribution >= 4 is 49.4 Å². The van der Waals surface area contributed by atoms with Crippen molar-refractivity contribution < 1.29 is 18.9 Å². The van der Waals surface area contributed by atoms with Crippen LogP contribution in [0.25, 0.3) is 0 Å². The second-order valence-corrected chi connectivity index (χ2v) is 14.4. The van der Waals surface area contributed by atoms with Gasteiger partial charge >= 0.3 is 0 Å². The number of carbonyl (C=O) groups is 3. The molecule has 6 aromatic carbocycles. The number of fused-ring (bicyclic) bond motifs is 2. The normalized spacial score (nSPS) is 11.4. The molecule has 1 aliphatic carbocycles. The van der Waals surface area contributed by atoms with Gasteiger partial charge in [-0.15, -0.1) is 0 Å². The Morgan fingerprint density at radius 1 is 0.520 bits per heavy atom. The van der Waals surface area contributed by atoms with E-state index in [1.165, 1.54) is 15.9 Å². The van der Waals surface area contributed by atoms with E-state index in [4.69, 9.17) is 0 Å². The molecule has 1 aliphatic rings. The number of unbranched alkanes of at least 4 members (excludes halogenated alkanes) is 2. The van der Waals surface area contributed by atoms with E-state index in [0.29, 0.717) is 27.8 Å². The molecule has 7 rings (SSSR count). The molecule has 50 heavy (non-hydrogen) atoms. The van der Waals surface area contributed by atoms with Crippen molar-refractivity contribution in [1.29, 1.82) is 0 Å². The SMILES string of the molecule is CCCCCc1cccc2c1C(=O)c1ccccc1C2=O.O=PC(=O)c1ccccc1.c1ccc(P(c2ccccc2)c2ccccc2)cc1. The highest BCUT2D eigenvalue weighted by Gasteiger charge is 2.30. The molecule has 6 aromatic rings. The van der Waals surface area contributed by atoms with Crippen LogP contribution in [-0.2, 0) is 11.0 Å². The summed E-state index contributed by atoms with van der Waals surface area (Å²) in [5, 5.41) is 4.19. The molecule has 4 nitrogen and oxygen atoms in total. The molecule has 0 saturated carbocycles. The molecule has 0 amide bonds. The lowest BCUT2D eigenvalue weighted by Gasteiger charge is -2.20. The summed E-state index contributed by atoms with van der Waals surface area (Å²) in [4.78, 5) is 36.0. The zero-order valence-corrected chi connectivity index (χ0v) is 29.7. The van der Waals surface area contributed by atoms with Gasteiger partial charge in [-0.2, -0.15) is 0 Å². The highest BCUT2D eigenvalue weighted by molar-refractivity contribution is 7.79. The van der Waals surface area contributed by atoms with Crippen LogP contribution in [0.1, 0.15) is 74.0 Å². The van der Waals surface area contributed by atoms with Crippen LogP contribution < -0.4 is 15.9 Å². The molecule has 0 aromatic heterocycles. The molecule has 0 radical (unpaired) electrons. The van der Waals surface area contributed by atoms with E-state index in [-0.39, 0.29) is 17.1 Å². The molecule has 0 N–H and O–H groups in total. The summed E-state index contributed by atoms with van der Waals surface area (Å²) in [7, 11) is -0.891. The van der Waals surface area contributed by atoms with E-state index in [2.05, 4.69) is 97.9 Å². The third kappa shape index (κ3) is 9.10. The fourth-order valence-electron chi connectivity index (χ4n) is 5.80. The number of aryl methyl sites for hydroxylation is 1. The van der Waals surface area contributed by atoms with Gasteiger partial charge in [0.05, 0.1) is 0 Å². The second kappa shape index (κ2) is 18.6. The van der Waals surface area contributed by atoms with E-state index in [1.54, 1.807) is 54.6 Å². The number of rotatable bonds is 9. The zero-order chi connectivity index (χ0) is 35.1. The minimum Gasteiger partial charge on any atom is -0.289 e. The van der Waals surface area contributed by atoms with Gasteiger partial charge in [-0.05, 0) is 42.2 Å². The maximum absolute atomic E-state index is 12.8. The molecular formula is C44H38O4P2. The quantitative estimate of drug-likeness (QED) is 0.112. The van der Waals surface area contributed by atoms with Crippen molar-refractivity contribution in [2.75, 3.05) is 0 Å². The van der Waals surface area contributed by atoms with E-state index in [0.717, 1.165) is 31.2 Å². The largest absolute Gasteiger partial charge is 0.289 e. The Balaban J connectivity index is 0.000000155. The highest BCUT2D eigenvalue weighted by Crippen LogP contribution is 2.32. The Morgan fingerprint density at radius 2 is 0.960 bits per heavy atom. The van der Waals surface area contributed by atoms with E-state index in [1.807, 2.05) is 18.2 Å². The Hall–Kier alpha value is -5.14. The molecule has 0 unspecified atom stereocenters. The van der Waals surface area contributed by atoms with Crippen LogP contribution in [0.5, 0.6) is 0 Å². The summed E-state index contributed by atoms with van der Waals surface area (Å²) in [5.74, 6) is -0.0372. The monoisotopic (exact) mass is 692 g/mol. The van der Waals surface area contributed by atoms with Crippen LogP contribution in [0.15, 0.2) is 164 Å². The van der Waals surface area contributed by atoms with Gasteiger partial charge < -0.3 is 0 Å². The molecule has 0 fully saturated rings. The summed E-state index contributed by atoms with van der Waals surface area (Å²) >= 11 is 0. The Bertz CT molecular complexity index is 1940. The minimum atomic E-state index is -0.446. The van der Waals surface area contributed by atoms with Crippen LogP contribution >= 0.6 is 16.4 Å². The average molecular weight is 693 g/mol. The molecule has 0 saturated heterocycles. The lowest BCUT2D eigenvalue weighted by molar-refractivity contribution is 0.0978. The van der Waals surface area contributed by atoms with Gasteiger partial charge in [-0.25, -0.2) is 0 Å². The molecule has 0 atom stereocenters. The van der Waals surface area contributed by atoms with Crippen molar-refractivity contribution in [3.05, 3.63) is 197 Å². The van der Waals surface area contributed by atoms with E-state index < -0.39 is 16.4 Å². The van der Waals surface area contributed by atoms with Gasteiger partial charge in [0.1, 0.15) is 0 Å². The lowest BCUT2D eigenvalue weighted by Crippen LogP contribution is -2.22. The van der Waals surface area contributed by atoms with Crippen LogP contribution in [0.4, 0.5) is 0 Å². The Morgan fingerprint density at radius 3 is 1.44 bits per heavy atom. The molecule has 248 valence electrons. The van der Waals surface area contributed by atoms with Gasteiger partial charge in [0.25, 0.3) is 5.52 Å². The molecule has 6 heteroatoms. The predicted molar refractivity (Wildman–Crippen MR) is 207 cm³/mol. The maximum Gasteiger partial charge on any atom is 0.253 e. The Labute approximate surface area is 297 Å². The highest BCUT2D eigenvalue weighted by atomic mass is 31.1. The number of ketones is 2. The zero-order valence-electron chi connectivity index (χ0n) is 27.9. The number of carbonyl (C=O) groups excluding carboxylic acids is 3. The van der Waals surface area contributed by atoms with Crippen LogP contribution in [-0.4, -0.2) is 17.1 Å². The molecule has 0 heterocycles. The van der Waals surface area contributed by atoms with Crippen molar-refractivity contribution in [1.82, 2.24) is 0 Å². The molecular weight excluding hydrogens is 654 g/mol. The van der Waals surface area contributed by atoms with Crippen LogP contribution in [0.2, 0.25) is 0 Å². The first-order valence-corrected chi connectivity index (χ1v) is 18.9. The summed E-state index contributed by atoms with van der Waals surface area (Å²) in [6, 6.07) is 53.6. The predicted octanol–water partition coefficient (Wildman–Crippen LogP) is 9.76. The third-order valence-corrected chi connectivity index (χ3v) is 11.1. The number of hydrogen-bond donors (Lipinski definition) is 0. The average Bonchev–Trinajstić information content (AvgIpc) is 3.19. The first-order valence-electron chi connectivity index (χ1n) is 16.7. The lowest BCUT2D eigenvalue weighted by atomic mass is 9.81. The molecule has 0 aliphatic heterocycles. The Kier molecular flexibility index (Phi) is 13.4. The van der Waals surface area contributed by atoms with Crippen LogP contribution in [0.3, 0.4) is 0 Å². The maximum atomic E-state index is 12.8. The standard InChI is InChI=1S/C19H18O2.C18H15P.C7H5O2P/c1-2-3-4-8-13-9-7-12-16-17(13)19(21)15-11-6-5-10-14(15)18(16)20;1-4-10-16(11-5-1)19(17-12-6-2-7-13-17)18-14-8-3-9-15-18;8-7(10-9)6-4-2-1-3-5-6/h5-7,9-12H,2-4,8H2,1H3;1-15H;1-5H. The van der Waals surface area contributed by atoms with Crippen LogP contribution in [0, 0.1) is 0 Å². The topological polar surface area (TPSA) is 68.3 Å². The summed E-state index contributed by atoms with van der Waals surface area (Å²) < 4.78 is 10.1. The van der Waals surface area contributed by atoms with Crippen molar-refractivity contribution in [2.24, 2.45) is 0 Å². The fraction of sp³-hybridized carbons (Fsp3) is 0.114. The van der Waals surface area contributed by atoms with Crippen molar-refractivity contribution in [3.8, 4) is 0 Å². The van der Waals surface area contributed by atoms with Gasteiger partial charge in [-0.1, -0.05) is 184 Å². The number of benzene rings is 6. The van der Waals surface area contributed by atoms with Gasteiger partial charge in [0.2, 0.25) is 8.46 Å². The molecule has 0 bridgehead atoms. The summed E-state index contributed by atoms with van der Waals surface area (Å²) in [6.45, 7) is 2.16. The van der Waals surface area contributed by atoms with E-state index in [9.17, 15) is 18.9 Å².